The number of aryl methyl sites for hydroxylation is 1. The van der Waals surface area contributed by atoms with E-state index in [-0.39, 0.29) is 11.8 Å². The summed E-state index contributed by atoms with van der Waals surface area (Å²) in [6.07, 6.45) is 8.32. The van der Waals surface area contributed by atoms with Gasteiger partial charge in [0.15, 0.2) is 0 Å². The number of nitrogens with one attached hydrogen (secondary N) is 1. The molecule has 4 rings (SSSR count). The maximum absolute atomic E-state index is 12.8. The molecule has 1 aromatic carbocycles. The summed E-state index contributed by atoms with van der Waals surface area (Å²) in [4.78, 5) is 32.7. The summed E-state index contributed by atoms with van der Waals surface area (Å²) in [5.74, 6) is 1.41. The van der Waals surface area contributed by atoms with Gasteiger partial charge in [-0.15, -0.1) is 0 Å². The third-order valence-corrected chi connectivity index (χ3v) is 6.80. The average Bonchev–Trinajstić information content (AvgIpc) is 3.17. The highest BCUT2D eigenvalue weighted by Gasteiger charge is 2.31. The molecule has 0 unspecified atom stereocenters. The predicted molar refractivity (Wildman–Crippen MR) is 116 cm³/mol. The van der Waals surface area contributed by atoms with Gasteiger partial charge in [0.2, 0.25) is 11.8 Å². The zero-order chi connectivity index (χ0) is 20.2. The zero-order valence-corrected chi connectivity index (χ0v) is 17.5. The number of carbonyl (C=O) groups excluding carboxylic acids is 2. The molecule has 2 saturated heterocycles. The first-order valence-electron chi connectivity index (χ1n) is 11.2. The number of hydrogen-bond donors (Lipinski definition) is 1. The molecule has 29 heavy (non-hydrogen) atoms. The van der Waals surface area contributed by atoms with E-state index in [0.29, 0.717) is 12.3 Å². The molecule has 1 N–H and O–H groups in total. The van der Waals surface area contributed by atoms with Crippen LogP contribution in [0.5, 0.6) is 0 Å². The number of rotatable bonds is 5. The summed E-state index contributed by atoms with van der Waals surface area (Å²) in [5, 5.41) is 1.26. The van der Waals surface area contributed by atoms with Gasteiger partial charge in [-0.05, 0) is 56.1 Å². The maximum atomic E-state index is 12.8. The van der Waals surface area contributed by atoms with Gasteiger partial charge in [-0.25, -0.2) is 0 Å². The standard InChI is InChI=1S/C24H33N3O2/c1-18-9-13-27(14-10-18)24(29)19-11-15-26(16-12-19)23(28)8-4-5-20-17-25-22-7-3-2-6-21(20)22/h2-3,6-7,17-19,25H,4-5,8-16H2,1H3. The van der Waals surface area contributed by atoms with Crippen molar-refractivity contribution in [3.8, 4) is 0 Å². The number of H-pyrrole nitrogens is 1. The number of aromatic amines is 1. The number of aromatic nitrogens is 1. The van der Waals surface area contributed by atoms with Crippen LogP contribution in [0.4, 0.5) is 0 Å². The second kappa shape index (κ2) is 9.02. The first-order valence-corrected chi connectivity index (χ1v) is 11.2. The predicted octanol–water partition coefficient (Wildman–Crippen LogP) is 3.99. The van der Waals surface area contributed by atoms with Gasteiger partial charge in [-0.2, -0.15) is 0 Å². The molecular formula is C24H33N3O2. The fourth-order valence-electron chi connectivity index (χ4n) is 4.79. The number of nitrogens with zero attached hydrogens (tertiary/aromatic N) is 2. The van der Waals surface area contributed by atoms with Gasteiger partial charge < -0.3 is 14.8 Å². The van der Waals surface area contributed by atoms with E-state index in [0.717, 1.165) is 76.1 Å². The summed E-state index contributed by atoms with van der Waals surface area (Å²) < 4.78 is 0. The topological polar surface area (TPSA) is 56.4 Å². The molecule has 2 fully saturated rings. The molecule has 5 heteroatoms. The van der Waals surface area contributed by atoms with Gasteiger partial charge in [0.1, 0.15) is 0 Å². The molecule has 0 spiro atoms. The van der Waals surface area contributed by atoms with E-state index >= 15 is 0 Å². The Morgan fingerprint density at radius 1 is 1.00 bits per heavy atom. The van der Waals surface area contributed by atoms with Gasteiger partial charge in [0, 0.05) is 55.6 Å². The van der Waals surface area contributed by atoms with Crippen LogP contribution in [0.3, 0.4) is 0 Å². The summed E-state index contributed by atoms with van der Waals surface area (Å²) >= 11 is 0. The van der Waals surface area contributed by atoms with E-state index in [2.05, 4.69) is 41.2 Å². The molecule has 2 aromatic rings. The van der Waals surface area contributed by atoms with Crippen molar-refractivity contribution in [3.63, 3.8) is 0 Å². The van der Waals surface area contributed by atoms with Crippen molar-refractivity contribution in [2.45, 2.75) is 51.9 Å². The number of carbonyl (C=O) groups is 2. The SMILES string of the molecule is CC1CCN(C(=O)C2CCN(C(=O)CCCc3c[nH]c4ccccc34)CC2)CC1. The van der Waals surface area contributed by atoms with Crippen molar-refractivity contribution in [2.75, 3.05) is 26.2 Å². The minimum atomic E-state index is 0.110. The lowest BCUT2D eigenvalue weighted by Crippen LogP contribution is -2.46. The second-order valence-electron chi connectivity index (χ2n) is 8.88. The first kappa shape index (κ1) is 20.0. The Labute approximate surface area is 173 Å². The Bertz CT molecular complexity index is 843. The van der Waals surface area contributed by atoms with Crippen LogP contribution in [0, 0.1) is 11.8 Å². The Morgan fingerprint density at radius 3 is 2.45 bits per heavy atom. The van der Waals surface area contributed by atoms with Crippen molar-refractivity contribution in [1.82, 2.24) is 14.8 Å². The Balaban J connectivity index is 1.20. The largest absolute Gasteiger partial charge is 0.361 e. The number of amides is 2. The molecule has 0 bridgehead atoms. The number of hydrogen-bond acceptors (Lipinski definition) is 2. The highest BCUT2D eigenvalue weighted by atomic mass is 16.2. The number of likely N-dealkylation sites (tertiary alicyclic amines) is 2. The van der Waals surface area contributed by atoms with Crippen molar-refractivity contribution >= 4 is 22.7 Å². The van der Waals surface area contributed by atoms with E-state index in [9.17, 15) is 9.59 Å². The fraction of sp³-hybridized carbons (Fsp3) is 0.583. The van der Waals surface area contributed by atoms with Crippen LogP contribution >= 0.6 is 0 Å². The van der Waals surface area contributed by atoms with Crippen LogP contribution in [0.1, 0.15) is 51.0 Å². The molecule has 5 nitrogen and oxygen atoms in total. The van der Waals surface area contributed by atoms with Crippen LogP contribution in [0.15, 0.2) is 30.5 Å². The number of para-hydroxylation sites is 1. The number of fused-ring (bicyclic) bond motifs is 1. The lowest BCUT2D eigenvalue weighted by atomic mass is 9.92. The third-order valence-electron chi connectivity index (χ3n) is 6.80. The Kier molecular flexibility index (Phi) is 6.22. The van der Waals surface area contributed by atoms with Crippen LogP contribution in [0.2, 0.25) is 0 Å². The van der Waals surface area contributed by atoms with Gasteiger partial charge in [0.05, 0.1) is 0 Å². The van der Waals surface area contributed by atoms with Gasteiger partial charge in [0.25, 0.3) is 0 Å². The van der Waals surface area contributed by atoms with Crippen molar-refractivity contribution < 1.29 is 9.59 Å². The second-order valence-corrected chi connectivity index (χ2v) is 8.88. The highest BCUT2D eigenvalue weighted by molar-refractivity contribution is 5.83. The summed E-state index contributed by atoms with van der Waals surface area (Å²) in [7, 11) is 0. The van der Waals surface area contributed by atoms with Crippen LogP contribution in [-0.2, 0) is 16.0 Å². The quantitative estimate of drug-likeness (QED) is 0.832. The number of piperidine rings is 2. The maximum Gasteiger partial charge on any atom is 0.225 e. The molecule has 0 radical (unpaired) electrons. The van der Waals surface area contributed by atoms with E-state index in [4.69, 9.17) is 0 Å². The van der Waals surface area contributed by atoms with Crippen LogP contribution in [-0.4, -0.2) is 52.8 Å². The first-order chi connectivity index (χ1) is 14.1. The van der Waals surface area contributed by atoms with Gasteiger partial charge >= 0.3 is 0 Å². The van der Waals surface area contributed by atoms with Crippen LogP contribution in [0.25, 0.3) is 10.9 Å². The smallest absolute Gasteiger partial charge is 0.225 e. The minimum Gasteiger partial charge on any atom is -0.361 e. The molecular weight excluding hydrogens is 362 g/mol. The Morgan fingerprint density at radius 2 is 1.69 bits per heavy atom. The highest BCUT2D eigenvalue weighted by Crippen LogP contribution is 2.24. The normalized spacial score (nSPS) is 19.1. The lowest BCUT2D eigenvalue weighted by Gasteiger charge is -2.36. The molecule has 0 atom stereocenters. The van der Waals surface area contributed by atoms with Crippen molar-refractivity contribution in [1.29, 1.82) is 0 Å². The summed E-state index contributed by atoms with van der Waals surface area (Å²) in [5.41, 5.74) is 2.44. The molecule has 2 aliphatic heterocycles. The molecule has 0 aliphatic carbocycles. The molecule has 2 amide bonds. The monoisotopic (exact) mass is 395 g/mol. The summed E-state index contributed by atoms with van der Waals surface area (Å²) in [6, 6.07) is 8.31. The molecule has 3 heterocycles. The van der Waals surface area contributed by atoms with Crippen LogP contribution < -0.4 is 0 Å². The average molecular weight is 396 g/mol. The van der Waals surface area contributed by atoms with Gasteiger partial charge in [-0.3, -0.25) is 9.59 Å². The van der Waals surface area contributed by atoms with E-state index in [1.807, 2.05) is 11.0 Å². The lowest BCUT2D eigenvalue weighted by molar-refractivity contribution is -0.141. The van der Waals surface area contributed by atoms with Gasteiger partial charge in [-0.1, -0.05) is 25.1 Å². The van der Waals surface area contributed by atoms with E-state index < -0.39 is 0 Å². The third kappa shape index (κ3) is 4.65. The molecule has 0 saturated carbocycles. The van der Waals surface area contributed by atoms with E-state index in [1.165, 1.54) is 10.9 Å². The van der Waals surface area contributed by atoms with Crippen molar-refractivity contribution in [3.05, 3.63) is 36.0 Å². The zero-order valence-electron chi connectivity index (χ0n) is 17.5. The minimum absolute atomic E-state index is 0.110. The molecule has 156 valence electrons. The molecule has 2 aliphatic rings. The van der Waals surface area contributed by atoms with E-state index in [1.54, 1.807) is 0 Å². The summed E-state index contributed by atoms with van der Waals surface area (Å²) in [6.45, 7) is 5.55. The fourth-order valence-corrected chi connectivity index (χ4v) is 4.79. The number of benzene rings is 1. The Hall–Kier alpha value is -2.30. The van der Waals surface area contributed by atoms with Crippen molar-refractivity contribution in [2.24, 2.45) is 11.8 Å². The molecule has 1 aromatic heterocycles.